The summed E-state index contributed by atoms with van der Waals surface area (Å²) >= 11 is 0. The number of unbranched alkanes of at least 4 members (excludes halogenated alkanes) is 10. The highest BCUT2D eigenvalue weighted by atomic mass is 16.4. The second kappa shape index (κ2) is 17.0. The SMILES string of the molecule is CCCCCCCCCCCCCC(=O)C(CC(C)C)(C(=O)O)N(C(=O)C1CCCN1)C(=O)C1CCCN1. The van der Waals surface area contributed by atoms with Gasteiger partial charge in [0.25, 0.3) is 0 Å². The summed E-state index contributed by atoms with van der Waals surface area (Å²) in [6.45, 7) is 7.17. The van der Waals surface area contributed by atoms with Gasteiger partial charge in [-0.15, -0.1) is 0 Å². The molecule has 3 atom stereocenters. The van der Waals surface area contributed by atoms with Crippen LogP contribution in [0.5, 0.6) is 0 Å². The highest BCUT2D eigenvalue weighted by Crippen LogP contribution is 2.32. The Morgan fingerprint density at radius 3 is 1.61 bits per heavy atom. The maximum atomic E-state index is 13.8. The number of nitrogens with zero attached hydrogens (tertiary/aromatic N) is 1. The summed E-state index contributed by atoms with van der Waals surface area (Å²) in [5.41, 5.74) is -2.17. The molecule has 2 heterocycles. The zero-order chi connectivity index (χ0) is 28.0. The van der Waals surface area contributed by atoms with Gasteiger partial charge in [-0.25, -0.2) is 4.79 Å². The van der Waals surface area contributed by atoms with Gasteiger partial charge in [0, 0.05) is 6.42 Å². The number of rotatable bonds is 19. The molecule has 218 valence electrons. The van der Waals surface area contributed by atoms with E-state index < -0.39 is 41.2 Å². The summed E-state index contributed by atoms with van der Waals surface area (Å²) in [5, 5.41) is 16.8. The van der Waals surface area contributed by atoms with E-state index in [9.17, 15) is 24.3 Å². The van der Waals surface area contributed by atoms with Crippen molar-refractivity contribution in [3.05, 3.63) is 0 Å². The van der Waals surface area contributed by atoms with Crippen LogP contribution in [0.2, 0.25) is 0 Å². The topological polar surface area (TPSA) is 116 Å². The zero-order valence-corrected chi connectivity index (χ0v) is 24.2. The number of aliphatic carboxylic acids is 1. The summed E-state index contributed by atoms with van der Waals surface area (Å²) in [4.78, 5) is 55.1. The van der Waals surface area contributed by atoms with Gasteiger partial charge in [0.15, 0.2) is 5.78 Å². The number of carboxylic acids is 1. The smallest absolute Gasteiger partial charge is 0.337 e. The van der Waals surface area contributed by atoms with Crippen molar-refractivity contribution in [3.8, 4) is 0 Å². The van der Waals surface area contributed by atoms with E-state index in [1.165, 1.54) is 44.9 Å². The first-order valence-corrected chi connectivity index (χ1v) is 15.4. The molecule has 2 rings (SSSR count). The van der Waals surface area contributed by atoms with Crippen LogP contribution >= 0.6 is 0 Å². The molecule has 0 spiro atoms. The Hall–Kier alpha value is -1.80. The van der Waals surface area contributed by atoms with Gasteiger partial charge in [-0.05, 0) is 57.5 Å². The molecule has 2 saturated heterocycles. The lowest BCUT2D eigenvalue weighted by atomic mass is 9.80. The molecule has 38 heavy (non-hydrogen) atoms. The first-order chi connectivity index (χ1) is 18.3. The molecule has 3 unspecified atom stereocenters. The van der Waals surface area contributed by atoms with E-state index >= 15 is 0 Å². The average molecular weight is 536 g/mol. The normalized spacial score (nSPS) is 20.9. The van der Waals surface area contributed by atoms with Crippen molar-refractivity contribution >= 4 is 23.6 Å². The van der Waals surface area contributed by atoms with Crippen LogP contribution in [0.15, 0.2) is 0 Å². The molecule has 3 N–H and O–H groups in total. The van der Waals surface area contributed by atoms with Crippen LogP contribution in [0.4, 0.5) is 0 Å². The van der Waals surface area contributed by atoms with E-state index in [2.05, 4.69) is 17.6 Å². The molecular formula is C30H53N3O5. The summed E-state index contributed by atoms with van der Waals surface area (Å²) < 4.78 is 0. The first kappa shape index (κ1) is 32.4. The lowest BCUT2D eigenvalue weighted by Gasteiger charge is -2.41. The molecule has 8 heteroatoms. The van der Waals surface area contributed by atoms with Crippen molar-refractivity contribution in [1.29, 1.82) is 0 Å². The number of hydrogen-bond acceptors (Lipinski definition) is 6. The fourth-order valence-corrected chi connectivity index (χ4v) is 5.97. The van der Waals surface area contributed by atoms with Crippen LogP contribution in [0.25, 0.3) is 0 Å². The third-order valence-corrected chi connectivity index (χ3v) is 8.07. The van der Waals surface area contributed by atoms with E-state index in [1.807, 2.05) is 13.8 Å². The molecular weight excluding hydrogens is 482 g/mol. The molecule has 2 amide bonds. The summed E-state index contributed by atoms with van der Waals surface area (Å²) in [6, 6.07) is -1.28. The highest BCUT2D eigenvalue weighted by Gasteiger charge is 2.57. The van der Waals surface area contributed by atoms with E-state index in [-0.39, 0.29) is 18.8 Å². The number of ketones is 1. The molecule has 0 aromatic carbocycles. The zero-order valence-electron chi connectivity index (χ0n) is 24.2. The predicted octanol–water partition coefficient (Wildman–Crippen LogP) is 4.99. The number of carbonyl (C=O) groups excluding carboxylic acids is 3. The number of imide groups is 1. The molecule has 0 bridgehead atoms. The molecule has 2 aliphatic heterocycles. The van der Waals surface area contributed by atoms with Gasteiger partial charge < -0.3 is 15.7 Å². The van der Waals surface area contributed by atoms with Crippen LogP contribution in [-0.2, 0) is 19.2 Å². The van der Waals surface area contributed by atoms with Crippen LogP contribution in [-0.4, -0.2) is 64.3 Å². The van der Waals surface area contributed by atoms with Crippen LogP contribution in [0, 0.1) is 5.92 Å². The summed E-state index contributed by atoms with van der Waals surface area (Å²) in [7, 11) is 0. The van der Waals surface area contributed by atoms with Gasteiger partial charge in [0.2, 0.25) is 17.4 Å². The number of carboxylic acid groups (broad SMARTS) is 1. The van der Waals surface area contributed by atoms with Crippen molar-refractivity contribution in [1.82, 2.24) is 15.5 Å². The van der Waals surface area contributed by atoms with Gasteiger partial charge in [0.1, 0.15) is 0 Å². The molecule has 0 aliphatic carbocycles. The van der Waals surface area contributed by atoms with E-state index in [0.717, 1.165) is 37.0 Å². The molecule has 8 nitrogen and oxygen atoms in total. The number of hydrogen-bond donors (Lipinski definition) is 3. The molecule has 0 aromatic rings. The Morgan fingerprint density at radius 1 is 0.789 bits per heavy atom. The summed E-state index contributed by atoms with van der Waals surface area (Å²) in [5.74, 6) is -3.25. The Bertz CT molecular complexity index is 731. The quantitative estimate of drug-likeness (QED) is 0.121. The molecule has 0 aromatic heterocycles. The fourth-order valence-electron chi connectivity index (χ4n) is 5.97. The van der Waals surface area contributed by atoms with Crippen molar-refractivity contribution in [2.24, 2.45) is 5.92 Å². The molecule has 2 aliphatic rings. The number of nitrogens with one attached hydrogen (secondary N) is 2. The van der Waals surface area contributed by atoms with Gasteiger partial charge in [-0.1, -0.05) is 85.0 Å². The number of carbonyl (C=O) groups is 4. The lowest BCUT2D eigenvalue weighted by molar-refractivity contribution is -0.173. The number of amides is 2. The molecule has 2 fully saturated rings. The largest absolute Gasteiger partial charge is 0.479 e. The van der Waals surface area contributed by atoms with Gasteiger partial charge in [0.05, 0.1) is 12.1 Å². The van der Waals surface area contributed by atoms with Gasteiger partial charge in [-0.3, -0.25) is 19.3 Å². The van der Waals surface area contributed by atoms with Gasteiger partial charge >= 0.3 is 5.97 Å². The summed E-state index contributed by atoms with van der Waals surface area (Å²) in [6.07, 6.45) is 15.0. The monoisotopic (exact) mass is 535 g/mol. The minimum absolute atomic E-state index is 0.0588. The third-order valence-electron chi connectivity index (χ3n) is 8.07. The Morgan fingerprint density at radius 2 is 1.24 bits per heavy atom. The standard InChI is InChI=1S/C30H53N3O5/c1-4-5-6-7-8-9-10-11-12-13-14-19-26(34)30(29(37)38,22-23(2)3)33(27(35)24-17-15-20-31-24)28(36)25-18-16-21-32-25/h23-25,31-32H,4-22H2,1-3H3,(H,37,38). The van der Waals surface area contributed by atoms with Crippen molar-refractivity contribution in [2.45, 2.75) is 148 Å². The van der Waals surface area contributed by atoms with E-state index in [0.29, 0.717) is 32.4 Å². The van der Waals surface area contributed by atoms with E-state index in [4.69, 9.17) is 0 Å². The Kier molecular flexibility index (Phi) is 14.5. The third kappa shape index (κ3) is 9.15. The minimum Gasteiger partial charge on any atom is -0.479 e. The lowest BCUT2D eigenvalue weighted by Crippen LogP contribution is -2.68. The van der Waals surface area contributed by atoms with Crippen molar-refractivity contribution < 1.29 is 24.3 Å². The predicted molar refractivity (Wildman–Crippen MR) is 150 cm³/mol. The first-order valence-electron chi connectivity index (χ1n) is 15.4. The van der Waals surface area contributed by atoms with Crippen LogP contribution in [0.3, 0.4) is 0 Å². The Balaban J connectivity index is 2.10. The van der Waals surface area contributed by atoms with Crippen LogP contribution < -0.4 is 10.6 Å². The maximum Gasteiger partial charge on any atom is 0.337 e. The minimum atomic E-state index is -2.17. The van der Waals surface area contributed by atoms with Gasteiger partial charge in [-0.2, -0.15) is 0 Å². The van der Waals surface area contributed by atoms with Crippen molar-refractivity contribution in [3.63, 3.8) is 0 Å². The second-order valence-corrected chi connectivity index (χ2v) is 11.8. The fraction of sp³-hybridized carbons (Fsp3) is 0.867. The Labute approximate surface area is 230 Å². The molecule has 0 saturated carbocycles. The average Bonchev–Trinajstić information content (AvgIpc) is 3.61. The van der Waals surface area contributed by atoms with E-state index in [1.54, 1.807) is 0 Å². The van der Waals surface area contributed by atoms with Crippen molar-refractivity contribution in [2.75, 3.05) is 13.1 Å². The maximum absolute atomic E-state index is 13.8. The number of Topliss-reactive ketones (excluding diaryl/α,β-unsaturated/α-hetero) is 1. The van der Waals surface area contributed by atoms with Crippen LogP contribution in [0.1, 0.15) is 130 Å². The second-order valence-electron chi connectivity index (χ2n) is 11.8. The molecule has 0 radical (unpaired) electrons. The highest BCUT2D eigenvalue weighted by molar-refractivity contribution is 6.16.